The van der Waals surface area contributed by atoms with E-state index in [1.807, 2.05) is 12.1 Å². The number of aryl methyl sites for hydroxylation is 1. The molecule has 3 rings (SSSR count). The fourth-order valence-corrected chi connectivity index (χ4v) is 3.31. The highest BCUT2D eigenvalue weighted by atomic mass is 14.9. The maximum atomic E-state index is 5.81. The molecule has 3 aromatic rings. The summed E-state index contributed by atoms with van der Waals surface area (Å²) in [5, 5.41) is 4.87. The van der Waals surface area contributed by atoms with Crippen LogP contribution in [0.3, 0.4) is 0 Å². The highest BCUT2D eigenvalue weighted by Crippen LogP contribution is 2.24. The van der Waals surface area contributed by atoms with Crippen LogP contribution in [0.4, 0.5) is 11.4 Å². The third kappa shape index (κ3) is 3.56. The fourth-order valence-electron chi connectivity index (χ4n) is 3.31. The van der Waals surface area contributed by atoms with Crippen molar-refractivity contribution < 1.29 is 0 Å². The molecule has 0 unspecified atom stereocenters. The smallest absolute Gasteiger partial charge is 0.0489 e. The van der Waals surface area contributed by atoms with Crippen molar-refractivity contribution in [1.82, 2.24) is 4.98 Å². The number of anilines is 2. The predicted octanol–water partition coefficient (Wildman–Crippen LogP) is 4.91. The van der Waals surface area contributed by atoms with Crippen molar-refractivity contribution in [2.45, 2.75) is 33.6 Å². The number of nitrogens with one attached hydrogen (secondary N) is 2. The Labute approximate surface area is 144 Å². The summed E-state index contributed by atoms with van der Waals surface area (Å²) in [6.07, 6.45) is 4.27. The first-order valence-electron chi connectivity index (χ1n) is 8.72. The summed E-state index contributed by atoms with van der Waals surface area (Å²) in [6, 6.07) is 12.6. The Kier molecular flexibility index (Phi) is 4.79. The van der Waals surface area contributed by atoms with E-state index in [9.17, 15) is 0 Å². The number of hydrogen-bond acceptors (Lipinski definition) is 2. The second kappa shape index (κ2) is 7.00. The monoisotopic (exact) mass is 321 g/mol. The van der Waals surface area contributed by atoms with E-state index in [0.717, 1.165) is 30.8 Å². The van der Waals surface area contributed by atoms with Gasteiger partial charge in [-0.05, 0) is 60.6 Å². The second-order valence-electron chi connectivity index (χ2n) is 7.00. The van der Waals surface area contributed by atoms with Crippen LogP contribution in [0, 0.1) is 12.8 Å². The molecule has 2 aromatic carbocycles. The van der Waals surface area contributed by atoms with Crippen molar-refractivity contribution in [3.05, 3.63) is 59.3 Å². The van der Waals surface area contributed by atoms with Crippen LogP contribution in [-0.2, 0) is 12.8 Å². The zero-order valence-corrected chi connectivity index (χ0v) is 14.8. The molecule has 3 nitrogen and oxygen atoms in total. The van der Waals surface area contributed by atoms with E-state index in [1.54, 1.807) is 0 Å². The first-order valence-corrected chi connectivity index (χ1v) is 8.72. The molecule has 126 valence electrons. The Morgan fingerprint density at radius 3 is 2.71 bits per heavy atom. The average Bonchev–Trinajstić information content (AvgIpc) is 2.93. The zero-order chi connectivity index (χ0) is 17.1. The normalized spacial score (nSPS) is 11.3. The van der Waals surface area contributed by atoms with E-state index in [1.165, 1.54) is 27.6 Å². The van der Waals surface area contributed by atoms with Gasteiger partial charge < -0.3 is 16.0 Å². The highest BCUT2D eigenvalue weighted by Gasteiger charge is 2.08. The molecule has 0 amide bonds. The van der Waals surface area contributed by atoms with E-state index in [4.69, 9.17) is 5.73 Å². The van der Waals surface area contributed by atoms with Gasteiger partial charge in [-0.25, -0.2) is 0 Å². The van der Waals surface area contributed by atoms with Crippen molar-refractivity contribution in [2.24, 2.45) is 5.92 Å². The zero-order valence-electron chi connectivity index (χ0n) is 14.8. The van der Waals surface area contributed by atoms with Crippen LogP contribution in [0.1, 0.15) is 30.5 Å². The van der Waals surface area contributed by atoms with Gasteiger partial charge in [0.2, 0.25) is 0 Å². The fraction of sp³-hybridized carbons (Fsp3) is 0.333. The van der Waals surface area contributed by atoms with Gasteiger partial charge in [-0.15, -0.1) is 0 Å². The number of H-pyrrole nitrogens is 1. The van der Waals surface area contributed by atoms with E-state index in [-0.39, 0.29) is 0 Å². The van der Waals surface area contributed by atoms with Gasteiger partial charge in [0.05, 0.1) is 0 Å². The van der Waals surface area contributed by atoms with Gasteiger partial charge in [-0.2, -0.15) is 0 Å². The van der Waals surface area contributed by atoms with Crippen LogP contribution in [0.2, 0.25) is 0 Å². The van der Waals surface area contributed by atoms with Gasteiger partial charge in [0, 0.05) is 35.0 Å². The van der Waals surface area contributed by atoms with Gasteiger partial charge in [0.1, 0.15) is 0 Å². The van der Waals surface area contributed by atoms with Crippen LogP contribution in [0.25, 0.3) is 10.9 Å². The van der Waals surface area contributed by atoms with Crippen LogP contribution in [0.15, 0.2) is 42.6 Å². The van der Waals surface area contributed by atoms with Crippen LogP contribution in [0.5, 0.6) is 0 Å². The van der Waals surface area contributed by atoms with Gasteiger partial charge in [-0.3, -0.25) is 0 Å². The number of aromatic nitrogens is 1. The largest absolute Gasteiger partial charge is 0.399 e. The molecule has 0 saturated carbocycles. The number of fused-ring (bicyclic) bond motifs is 1. The van der Waals surface area contributed by atoms with Crippen LogP contribution in [-0.4, -0.2) is 11.5 Å². The third-order valence-electron chi connectivity index (χ3n) is 4.48. The standard InChI is InChI=1S/C21H27N3/c1-14(2)11-16-5-4-6-19-17(13-24-21(16)19)9-10-23-20-8-7-18(22)12-15(20)3/h4-8,12-14,23-24H,9-11,22H2,1-3H3. The number of para-hydroxylation sites is 1. The summed E-state index contributed by atoms with van der Waals surface area (Å²) in [5.41, 5.74) is 13.1. The number of aromatic amines is 1. The Bertz CT molecular complexity index is 830. The predicted molar refractivity (Wildman–Crippen MR) is 105 cm³/mol. The number of rotatable bonds is 6. The minimum atomic E-state index is 0.664. The molecule has 24 heavy (non-hydrogen) atoms. The molecule has 1 aromatic heterocycles. The van der Waals surface area contributed by atoms with E-state index in [2.05, 4.69) is 61.5 Å². The van der Waals surface area contributed by atoms with Crippen molar-refractivity contribution in [1.29, 1.82) is 0 Å². The van der Waals surface area contributed by atoms with E-state index in [0.29, 0.717) is 5.92 Å². The first kappa shape index (κ1) is 16.4. The quantitative estimate of drug-likeness (QED) is 0.565. The summed E-state index contributed by atoms with van der Waals surface area (Å²) in [6.45, 7) is 7.53. The summed E-state index contributed by atoms with van der Waals surface area (Å²) in [4.78, 5) is 3.49. The maximum Gasteiger partial charge on any atom is 0.0489 e. The molecule has 0 bridgehead atoms. The molecule has 0 aliphatic carbocycles. The number of nitrogens with two attached hydrogens (primary N) is 1. The molecule has 1 heterocycles. The molecule has 3 heteroatoms. The van der Waals surface area contributed by atoms with Crippen molar-refractivity contribution in [3.63, 3.8) is 0 Å². The lowest BCUT2D eigenvalue weighted by atomic mass is 9.99. The van der Waals surface area contributed by atoms with E-state index >= 15 is 0 Å². The van der Waals surface area contributed by atoms with Gasteiger partial charge in [0.25, 0.3) is 0 Å². The van der Waals surface area contributed by atoms with Crippen molar-refractivity contribution in [2.75, 3.05) is 17.6 Å². The van der Waals surface area contributed by atoms with E-state index < -0.39 is 0 Å². The van der Waals surface area contributed by atoms with Gasteiger partial charge in [-0.1, -0.05) is 32.0 Å². The molecule has 0 spiro atoms. The number of benzene rings is 2. The topological polar surface area (TPSA) is 53.8 Å². The molecule has 0 radical (unpaired) electrons. The maximum absolute atomic E-state index is 5.81. The van der Waals surface area contributed by atoms with Crippen molar-refractivity contribution >= 4 is 22.3 Å². The second-order valence-corrected chi connectivity index (χ2v) is 7.00. The SMILES string of the molecule is Cc1cc(N)ccc1NCCc1c[nH]c2c(CC(C)C)cccc12. The molecule has 0 aliphatic rings. The Morgan fingerprint density at radius 2 is 1.96 bits per heavy atom. The lowest BCUT2D eigenvalue weighted by Gasteiger charge is -2.10. The molecule has 0 aliphatic heterocycles. The lowest BCUT2D eigenvalue weighted by molar-refractivity contribution is 0.649. The molecular formula is C21H27N3. The highest BCUT2D eigenvalue weighted by molar-refractivity contribution is 5.86. The summed E-state index contributed by atoms with van der Waals surface area (Å²) in [5.74, 6) is 0.664. The number of hydrogen-bond donors (Lipinski definition) is 3. The first-order chi connectivity index (χ1) is 11.5. The molecule has 0 fully saturated rings. The summed E-state index contributed by atoms with van der Waals surface area (Å²) in [7, 11) is 0. The number of nitrogen functional groups attached to an aromatic ring is 1. The lowest BCUT2D eigenvalue weighted by Crippen LogP contribution is -2.06. The van der Waals surface area contributed by atoms with Gasteiger partial charge in [0.15, 0.2) is 0 Å². The molecule has 0 saturated heterocycles. The average molecular weight is 321 g/mol. The summed E-state index contributed by atoms with van der Waals surface area (Å²) < 4.78 is 0. The van der Waals surface area contributed by atoms with Crippen molar-refractivity contribution in [3.8, 4) is 0 Å². The molecule has 4 N–H and O–H groups in total. The summed E-state index contributed by atoms with van der Waals surface area (Å²) >= 11 is 0. The van der Waals surface area contributed by atoms with Crippen LogP contribution < -0.4 is 11.1 Å². The van der Waals surface area contributed by atoms with Crippen LogP contribution >= 0.6 is 0 Å². The Balaban J connectivity index is 1.71. The Morgan fingerprint density at radius 1 is 1.12 bits per heavy atom. The van der Waals surface area contributed by atoms with Gasteiger partial charge >= 0.3 is 0 Å². The third-order valence-corrected chi connectivity index (χ3v) is 4.48. The molecular weight excluding hydrogens is 294 g/mol. The molecule has 0 atom stereocenters. The minimum absolute atomic E-state index is 0.664. The Hall–Kier alpha value is -2.42. The minimum Gasteiger partial charge on any atom is -0.399 e.